The van der Waals surface area contributed by atoms with Crippen LogP contribution in [0, 0.1) is 0 Å². The highest BCUT2D eigenvalue weighted by Gasteiger charge is 2.07. The molecule has 1 aromatic heterocycles. The van der Waals surface area contributed by atoms with Crippen molar-refractivity contribution in [1.29, 1.82) is 0 Å². The first-order valence-electron chi connectivity index (χ1n) is 7.59. The maximum atomic E-state index is 11.9. The molecule has 2 amide bonds. The zero-order valence-corrected chi connectivity index (χ0v) is 13.9. The SMILES string of the molecule is CCNCc1cccc(NC(=O)CCNC(=O)c2ccsc2)c1. The number of amides is 2. The van der Waals surface area contributed by atoms with E-state index in [1.807, 2.05) is 29.6 Å². The van der Waals surface area contributed by atoms with Crippen LogP contribution in [0.3, 0.4) is 0 Å². The first-order chi connectivity index (χ1) is 11.2. The van der Waals surface area contributed by atoms with Crippen LogP contribution in [-0.4, -0.2) is 24.9 Å². The lowest BCUT2D eigenvalue weighted by Gasteiger charge is -2.08. The molecule has 0 bridgehead atoms. The molecule has 6 heteroatoms. The second kappa shape index (κ2) is 9.07. The van der Waals surface area contributed by atoms with Crippen molar-refractivity contribution >= 4 is 28.8 Å². The van der Waals surface area contributed by atoms with Crippen LogP contribution >= 0.6 is 11.3 Å². The molecular formula is C17H21N3O2S. The number of thiophene rings is 1. The lowest BCUT2D eigenvalue weighted by atomic mass is 10.2. The second-order valence-corrected chi connectivity index (χ2v) is 5.83. The molecule has 1 aromatic carbocycles. The smallest absolute Gasteiger partial charge is 0.252 e. The van der Waals surface area contributed by atoms with E-state index in [1.165, 1.54) is 11.3 Å². The molecule has 2 aromatic rings. The van der Waals surface area contributed by atoms with Crippen molar-refractivity contribution < 1.29 is 9.59 Å². The molecule has 1 heterocycles. The molecular weight excluding hydrogens is 310 g/mol. The molecule has 3 N–H and O–H groups in total. The highest BCUT2D eigenvalue weighted by Crippen LogP contribution is 2.11. The van der Waals surface area contributed by atoms with E-state index < -0.39 is 0 Å². The highest BCUT2D eigenvalue weighted by molar-refractivity contribution is 7.08. The summed E-state index contributed by atoms with van der Waals surface area (Å²) in [4.78, 5) is 23.7. The number of carbonyl (C=O) groups excluding carboxylic acids is 2. The van der Waals surface area contributed by atoms with Gasteiger partial charge in [-0.1, -0.05) is 19.1 Å². The maximum Gasteiger partial charge on any atom is 0.252 e. The van der Waals surface area contributed by atoms with Gasteiger partial charge in [0.2, 0.25) is 5.91 Å². The van der Waals surface area contributed by atoms with Crippen LogP contribution in [-0.2, 0) is 11.3 Å². The Labute approximate surface area is 140 Å². The van der Waals surface area contributed by atoms with Crippen molar-refractivity contribution in [2.75, 3.05) is 18.4 Å². The van der Waals surface area contributed by atoms with Gasteiger partial charge < -0.3 is 16.0 Å². The minimum absolute atomic E-state index is 0.115. The quantitative estimate of drug-likeness (QED) is 0.696. The van der Waals surface area contributed by atoms with Gasteiger partial charge in [0, 0.05) is 36.1 Å². The summed E-state index contributed by atoms with van der Waals surface area (Å²) in [6.07, 6.45) is 0.243. The van der Waals surface area contributed by atoms with Crippen LogP contribution in [0.15, 0.2) is 41.1 Å². The van der Waals surface area contributed by atoms with Gasteiger partial charge in [0.05, 0.1) is 0 Å². The molecule has 0 aliphatic rings. The van der Waals surface area contributed by atoms with Crippen LogP contribution in [0.1, 0.15) is 29.3 Å². The minimum atomic E-state index is -0.147. The number of anilines is 1. The summed E-state index contributed by atoms with van der Waals surface area (Å²) >= 11 is 1.47. The number of rotatable bonds is 8. The van der Waals surface area contributed by atoms with Crippen molar-refractivity contribution in [2.45, 2.75) is 19.9 Å². The molecule has 0 unspecified atom stereocenters. The number of carbonyl (C=O) groups is 2. The van der Waals surface area contributed by atoms with Gasteiger partial charge in [-0.05, 0) is 35.7 Å². The topological polar surface area (TPSA) is 70.2 Å². The predicted octanol–water partition coefficient (Wildman–Crippen LogP) is 2.62. The normalized spacial score (nSPS) is 10.3. The average molecular weight is 331 g/mol. The fraction of sp³-hybridized carbons (Fsp3) is 0.294. The summed E-state index contributed by atoms with van der Waals surface area (Å²) in [6.45, 7) is 4.05. The second-order valence-electron chi connectivity index (χ2n) is 5.05. The Morgan fingerprint density at radius 2 is 2.09 bits per heavy atom. The maximum absolute atomic E-state index is 11.9. The average Bonchev–Trinajstić information content (AvgIpc) is 3.07. The Hall–Kier alpha value is -2.18. The van der Waals surface area contributed by atoms with E-state index in [1.54, 1.807) is 11.4 Å². The monoisotopic (exact) mass is 331 g/mol. The van der Waals surface area contributed by atoms with Crippen molar-refractivity contribution in [3.05, 3.63) is 52.2 Å². The van der Waals surface area contributed by atoms with Gasteiger partial charge in [0.25, 0.3) is 5.91 Å². The third-order valence-electron chi connectivity index (χ3n) is 3.21. The lowest BCUT2D eigenvalue weighted by molar-refractivity contribution is -0.116. The number of hydrogen-bond donors (Lipinski definition) is 3. The van der Waals surface area contributed by atoms with Gasteiger partial charge in [-0.25, -0.2) is 0 Å². The zero-order valence-electron chi connectivity index (χ0n) is 13.1. The number of benzene rings is 1. The van der Waals surface area contributed by atoms with E-state index in [0.29, 0.717) is 12.1 Å². The van der Waals surface area contributed by atoms with Gasteiger partial charge in [-0.3, -0.25) is 9.59 Å². The van der Waals surface area contributed by atoms with E-state index >= 15 is 0 Å². The lowest BCUT2D eigenvalue weighted by Crippen LogP contribution is -2.27. The predicted molar refractivity (Wildman–Crippen MR) is 93.7 cm³/mol. The van der Waals surface area contributed by atoms with Gasteiger partial charge in [0.1, 0.15) is 0 Å². The van der Waals surface area contributed by atoms with E-state index in [4.69, 9.17) is 0 Å². The van der Waals surface area contributed by atoms with E-state index in [9.17, 15) is 9.59 Å². The molecule has 0 saturated carbocycles. The molecule has 0 aliphatic heterocycles. The highest BCUT2D eigenvalue weighted by atomic mass is 32.1. The van der Waals surface area contributed by atoms with Crippen LogP contribution in [0.25, 0.3) is 0 Å². The van der Waals surface area contributed by atoms with Gasteiger partial charge in [-0.2, -0.15) is 11.3 Å². The molecule has 5 nitrogen and oxygen atoms in total. The molecule has 0 atom stereocenters. The third kappa shape index (κ3) is 5.84. The van der Waals surface area contributed by atoms with E-state index in [0.717, 1.165) is 24.3 Å². The summed E-state index contributed by atoms with van der Waals surface area (Å²) in [5.41, 5.74) is 2.52. The van der Waals surface area contributed by atoms with E-state index in [-0.39, 0.29) is 18.2 Å². The number of nitrogens with one attached hydrogen (secondary N) is 3. The minimum Gasteiger partial charge on any atom is -0.351 e. The fourth-order valence-electron chi connectivity index (χ4n) is 2.04. The first-order valence-corrected chi connectivity index (χ1v) is 8.53. The van der Waals surface area contributed by atoms with Crippen molar-refractivity contribution in [3.63, 3.8) is 0 Å². The Morgan fingerprint density at radius 1 is 1.22 bits per heavy atom. The third-order valence-corrected chi connectivity index (χ3v) is 3.89. The van der Waals surface area contributed by atoms with Crippen LogP contribution < -0.4 is 16.0 Å². The van der Waals surface area contributed by atoms with E-state index in [2.05, 4.69) is 22.9 Å². The van der Waals surface area contributed by atoms with Crippen LogP contribution in [0.5, 0.6) is 0 Å². The Balaban J connectivity index is 1.75. The first kappa shape index (κ1) is 17.2. The van der Waals surface area contributed by atoms with Crippen molar-refractivity contribution in [2.24, 2.45) is 0 Å². The molecule has 0 spiro atoms. The molecule has 122 valence electrons. The molecule has 2 rings (SSSR count). The zero-order chi connectivity index (χ0) is 16.5. The summed E-state index contributed by atoms with van der Waals surface area (Å²) in [5, 5.41) is 12.5. The number of hydrogen-bond acceptors (Lipinski definition) is 4. The molecule has 0 fully saturated rings. The van der Waals surface area contributed by atoms with Crippen LogP contribution in [0.4, 0.5) is 5.69 Å². The standard InChI is InChI=1S/C17H21N3O2S/c1-2-18-11-13-4-3-5-15(10-13)20-16(21)6-8-19-17(22)14-7-9-23-12-14/h3-5,7,9-10,12,18H,2,6,8,11H2,1H3,(H,19,22)(H,20,21). The van der Waals surface area contributed by atoms with Crippen LogP contribution in [0.2, 0.25) is 0 Å². The summed E-state index contributed by atoms with van der Waals surface area (Å²) in [6, 6.07) is 9.50. The molecule has 0 saturated heterocycles. The summed E-state index contributed by atoms with van der Waals surface area (Å²) in [7, 11) is 0. The Bertz CT molecular complexity index is 641. The Kier molecular flexibility index (Phi) is 6.77. The summed E-state index contributed by atoms with van der Waals surface area (Å²) < 4.78 is 0. The molecule has 0 aliphatic carbocycles. The summed E-state index contributed by atoms with van der Waals surface area (Å²) in [5.74, 6) is -0.261. The Morgan fingerprint density at radius 3 is 2.83 bits per heavy atom. The largest absolute Gasteiger partial charge is 0.351 e. The van der Waals surface area contributed by atoms with Gasteiger partial charge in [0.15, 0.2) is 0 Å². The van der Waals surface area contributed by atoms with Crippen molar-refractivity contribution in [1.82, 2.24) is 10.6 Å². The van der Waals surface area contributed by atoms with Crippen molar-refractivity contribution in [3.8, 4) is 0 Å². The molecule has 23 heavy (non-hydrogen) atoms. The molecule has 0 radical (unpaired) electrons. The van der Waals surface area contributed by atoms with Gasteiger partial charge >= 0.3 is 0 Å². The fourth-order valence-corrected chi connectivity index (χ4v) is 2.67. The van der Waals surface area contributed by atoms with Gasteiger partial charge in [-0.15, -0.1) is 0 Å².